The third kappa shape index (κ3) is 2.11. The van der Waals surface area contributed by atoms with E-state index < -0.39 is 0 Å². The molecule has 5 heteroatoms. The number of carbonyl (C=O) groups excluding carboxylic acids is 1. The first kappa shape index (κ1) is 11.6. The van der Waals surface area contributed by atoms with Gasteiger partial charge in [-0.25, -0.2) is 4.39 Å². The van der Waals surface area contributed by atoms with Gasteiger partial charge in [0.25, 0.3) is 5.91 Å². The number of halogens is 1. The molecule has 3 rings (SSSR count). The molecule has 0 spiro atoms. The Morgan fingerprint density at radius 1 is 1.39 bits per heavy atom. The van der Waals surface area contributed by atoms with E-state index in [0.717, 1.165) is 10.1 Å². The molecular formula is C13H12FNO2S. The molecule has 2 N–H and O–H groups in total. The minimum absolute atomic E-state index is 0.0643. The van der Waals surface area contributed by atoms with Gasteiger partial charge in [-0.15, -0.1) is 11.3 Å². The first-order valence-corrected chi connectivity index (χ1v) is 6.61. The summed E-state index contributed by atoms with van der Waals surface area (Å²) in [4.78, 5) is 12.5. The average molecular weight is 265 g/mol. The zero-order chi connectivity index (χ0) is 12.7. The molecule has 0 bridgehead atoms. The van der Waals surface area contributed by atoms with Crippen LogP contribution in [0.2, 0.25) is 0 Å². The van der Waals surface area contributed by atoms with Gasteiger partial charge in [0, 0.05) is 10.7 Å². The lowest BCUT2D eigenvalue weighted by Crippen LogP contribution is -2.46. The van der Waals surface area contributed by atoms with Crippen LogP contribution in [0.4, 0.5) is 4.39 Å². The molecule has 3 nitrogen and oxygen atoms in total. The average Bonchev–Trinajstić information content (AvgIpc) is 2.69. The van der Waals surface area contributed by atoms with Crippen molar-refractivity contribution < 1.29 is 14.3 Å². The number of amides is 1. The largest absolute Gasteiger partial charge is 0.393 e. The van der Waals surface area contributed by atoms with Crippen molar-refractivity contribution in [1.82, 2.24) is 5.32 Å². The fourth-order valence-electron chi connectivity index (χ4n) is 2.08. The maximum atomic E-state index is 13.0. The van der Waals surface area contributed by atoms with Gasteiger partial charge in [-0.2, -0.15) is 0 Å². The van der Waals surface area contributed by atoms with Crippen molar-refractivity contribution in [3.8, 4) is 0 Å². The minimum Gasteiger partial charge on any atom is -0.393 e. The highest BCUT2D eigenvalue weighted by molar-refractivity contribution is 7.20. The molecule has 18 heavy (non-hydrogen) atoms. The molecule has 1 aromatic carbocycles. The zero-order valence-corrected chi connectivity index (χ0v) is 10.3. The lowest BCUT2D eigenvalue weighted by atomic mass is 9.89. The van der Waals surface area contributed by atoms with Crippen molar-refractivity contribution in [1.29, 1.82) is 0 Å². The lowest BCUT2D eigenvalue weighted by Gasteiger charge is -2.31. The van der Waals surface area contributed by atoms with Gasteiger partial charge in [0.05, 0.1) is 11.0 Å². The molecular weight excluding hydrogens is 253 g/mol. The smallest absolute Gasteiger partial charge is 0.261 e. The minimum atomic E-state index is -0.293. The molecule has 0 atom stereocenters. The van der Waals surface area contributed by atoms with Crippen LogP contribution in [0.3, 0.4) is 0 Å². The third-order valence-corrected chi connectivity index (χ3v) is 4.25. The Bertz CT molecular complexity index is 604. The molecule has 0 aliphatic heterocycles. The summed E-state index contributed by atoms with van der Waals surface area (Å²) < 4.78 is 13.8. The third-order valence-electron chi connectivity index (χ3n) is 3.15. The molecule has 94 valence electrons. The van der Waals surface area contributed by atoms with E-state index in [9.17, 15) is 9.18 Å². The first-order chi connectivity index (χ1) is 8.61. The van der Waals surface area contributed by atoms with Crippen LogP contribution in [-0.4, -0.2) is 23.2 Å². The Balaban J connectivity index is 1.79. The number of benzene rings is 1. The van der Waals surface area contributed by atoms with E-state index in [0.29, 0.717) is 17.7 Å². The summed E-state index contributed by atoms with van der Waals surface area (Å²) in [5.74, 6) is -0.438. The van der Waals surface area contributed by atoms with Gasteiger partial charge in [0.1, 0.15) is 5.82 Å². The lowest BCUT2D eigenvalue weighted by molar-refractivity contribution is 0.0564. The van der Waals surface area contributed by atoms with Crippen LogP contribution in [0.5, 0.6) is 0 Å². The van der Waals surface area contributed by atoms with Crippen LogP contribution >= 0.6 is 11.3 Å². The molecule has 1 aliphatic rings. The Labute approximate surface area is 107 Å². The number of carbonyl (C=O) groups is 1. The van der Waals surface area contributed by atoms with E-state index in [1.165, 1.54) is 23.5 Å². The van der Waals surface area contributed by atoms with Crippen LogP contribution < -0.4 is 5.32 Å². The summed E-state index contributed by atoms with van der Waals surface area (Å²) >= 11 is 1.28. The molecule has 0 radical (unpaired) electrons. The van der Waals surface area contributed by atoms with Crippen molar-refractivity contribution in [2.24, 2.45) is 0 Å². The van der Waals surface area contributed by atoms with Crippen molar-refractivity contribution in [2.45, 2.75) is 25.0 Å². The second kappa shape index (κ2) is 4.33. The summed E-state index contributed by atoms with van der Waals surface area (Å²) in [5.41, 5.74) is 0. The number of fused-ring (bicyclic) bond motifs is 1. The van der Waals surface area contributed by atoms with Gasteiger partial charge in [0.15, 0.2) is 0 Å². The first-order valence-electron chi connectivity index (χ1n) is 5.80. The number of hydrogen-bond donors (Lipinski definition) is 2. The molecule has 0 unspecified atom stereocenters. The Morgan fingerprint density at radius 2 is 2.17 bits per heavy atom. The maximum Gasteiger partial charge on any atom is 0.261 e. The topological polar surface area (TPSA) is 49.3 Å². The molecule has 1 saturated carbocycles. The fraction of sp³-hybridized carbons (Fsp3) is 0.308. The normalized spacial score (nSPS) is 22.8. The van der Waals surface area contributed by atoms with Crippen molar-refractivity contribution in [3.63, 3.8) is 0 Å². The second-order valence-corrected chi connectivity index (χ2v) is 5.67. The van der Waals surface area contributed by atoms with Gasteiger partial charge in [-0.3, -0.25) is 4.79 Å². The number of aliphatic hydroxyl groups excluding tert-OH is 1. The summed E-state index contributed by atoms with van der Waals surface area (Å²) in [7, 11) is 0. The van der Waals surface area contributed by atoms with Gasteiger partial charge in [-0.05, 0) is 36.4 Å². The molecule has 1 aliphatic carbocycles. The van der Waals surface area contributed by atoms with Crippen LogP contribution in [-0.2, 0) is 0 Å². The maximum absolute atomic E-state index is 13.0. The van der Waals surface area contributed by atoms with Crippen LogP contribution in [0.15, 0.2) is 24.3 Å². The van der Waals surface area contributed by atoms with E-state index in [-0.39, 0.29) is 23.9 Å². The Morgan fingerprint density at radius 3 is 2.89 bits per heavy atom. The van der Waals surface area contributed by atoms with E-state index >= 15 is 0 Å². The highest BCUT2D eigenvalue weighted by Crippen LogP contribution is 2.27. The Kier molecular flexibility index (Phi) is 2.80. The highest BCUT2D eigenvalue weighted by atomic mass is 32.1. The SMILES string of the molecule is O=C(NC1CC(O)C1)c1cc2ccc(F)cc2s1. The zero-order valence-electron chi connectivity index (χ0n) is 9.52. The Hall–Kier alpha value is -1.46. The monoisotopic (exact) mass is 265 g/mol. The number of aliphatic hydroxyl groups is 1. The summed E-state index contributed by atoms with van der Waals surface area (Å²) in [6, 6.07) is 6.33. The molecule has 1 heterocycles. The van der Waals surface area contributed by atoms with E-state index in [2.05, 4.69) is 5.32 Å². The summed E-state index contributed by atoms with van der Waals surface area (Å²) in [6.45, 7) is 0. The van der Waals surface area contributed by atoms with E-state index in [1.807, 2.05) is 0 Å². The van der Waals surface area contributed by atoms with E-state index in [4.69, 9.17) is 5.11 Å². The van der Waals surface area contributed by atoms with Crippen molar-refractivity contribution in [3.05, 3.63) is 35.0 Å². The standard InChI is InChI=1S/C13H12FNO2S/c14-8-2-1-7-3-12(18-11(7)4-8)13(17)15-9-5-10(16)6-9/h1-4,9-10,16H,5-6H2,(H,15,17). The number of hydrogen-bond acceptors (Lipinski definition) is 3. The molecule has 1 fully saturated rings. The fourth-order valence-corrected chi connectivity index (χ4v) is 3.07. The van der Waals surface area contributed by atoms with Crippen LogP contribution in [0, 0.1) is 5.82 Å². The number of thiophene rings is 1. The quantitative estimate of drug-likeness (QED) is 0.875. The highest BCUT2D eigenvalue weighted by Gasteiger charge is 2.28. The second-order valence-electron chi connectivity index (χ2n) is 4.59. The number of rotatable bonds is 2. The molecule has 1 aromatic heterocycles. The van der Waals surface area contributed by atoms with Crippen LogP contribution in [0.25, 0.3) is 10.1 Å². The predicted molar refractivity (Wildman–Crippen MR) is 68.3 cm³/mol. The van der Waals surface area contributed by atoms with Crippen molar-refractivity contribution in [2.75, 3.05) is 0 Å². The summed E-state index contributed by atoms with van der Waals surface area (Å²) in [6.07, 6.45) is 0.947. The van der Waals surface area contributed by atoms with Crippen LogP contribution in [0.1, 0.15) is 22.5 Å². The van der Waals surface area contributed by atoms with E-state index in [1.54, 1.807) is 12.1 Å². The molecule has 1 amide bonds. The van der Waals surface area contributed by atoms with Gasteiger partial charge < -0.3 is 10.4 Å². The number of nitrogens with one attached hydrogen (secondary N) is 1. The molecule has 2 aromatic rings. The van der Waals surface area contributed by atoms with Gasteiger partial charge in [-0.1, -0.05) is 6.07 Å². The summed E-state index contributed by atoms with van der Waals surface area (Å²) in [5, 5.41) is 12.9. The molecule has 0 saturated heterocycles. The van der Waals surface area contributed by atoms with Gasteiger partial charge in [0.2, 0.25) is 0 Å². The van der Waals surface area contributed by atoms with Gasteiger partial charge >= 0.3 is 0 Å². The predicted octanol–water partition coefficient (Wildman–Crippen LogP) is 2.29. The van der Waals surface area contributed by atoms with Crippen molar-refractivity contribution >= 4 is 27.3 Å².